The Morgan fingerprint density at radius 2 is 2.05 bits per heavy atom. The molecule has 4 heteroatoms. The van der Waals surface area contributed by atoms with E-state index in [1.54, 1.807) is 0 Å². The van der Waals surface area contributed by atoms with Crippen LogP contribution in [0.5, 0.6) is 0 Å². The van der Waals surface area contributed by atoms with E-state index in [9.17, 15) is 0 Å². The zero-order chi connectivity index (χ0) is 14.4. The van der Waals surface area contributed by atoms with Crippen LogP contribution in [0.1, 0.15) is 22.6 Å². The second kappa shape index (κ2) is 7.22. The third kappa shape index (κ3) is 4.18. The number of nitrogens with one attached hydrogen (secondary N) is 1. The molecule has 0 aliphatic heterocycles. The summed E-state index contributed by atoms with van der Waals surface area (Å²) in [5, 5.41) is 3.11. The van der Waals surface area contributed by atoms with Crippen LogP contribution < -0.4 is 5.32 Å². The van der Waals surface area contributed by atoms with E-state index in [4.69, 9.17) is 4.42 Å². The minimum absolute atomic E-state index is 0.779. The van der Waals surface area contributed by atoms with Crippen molar-refractivity contribution >= 4 is 0 Å². The molecule has 0 spiro atoms. The van der Waals surface area contributed by atoms with Crippen molar-refractivity contribution in [3.05, 3.63) is 53.2 Å². The van der Waals surface area contributed by atoms with Crippen LogP contribution in [0, 0.1) is 6.92 Å². The highest BCUT2D eigenvalue weighted by atomic mass is 16.3. The summed E-state index contributed by atoms with van der Waals surface area (Å²) < 4.78 is 5.72. The molecule has 2 aromatic rings. The van der Waals surface area contributed by atoms with Crippen molar-refractivity contribution in [2.45, 2.75) is 26.4 Å². The predicted molar refractivity (Wildman–Crippen MR) is 80.5 cm³/mol. The Labute approximate surface area is 120 Å². The van der Waals surface area contributed by atoms with Crippen molar-refractivity contribution in [3.8, 4) is 0 Å². The van der Waals surface area contributed by atoms with Crippen LogP contribution in [0.4, 0.5) is 0 Å². The molecule has 108 valence electrons. The van der Waals surface area contributed by atoms with Gasteiger partial charge in [-0.3, -0.25) is 4.98 Å². The molecule has 0 fully saturated rings. The van der Waals surface area contributed by atoms with E-state index in [0.29, 0.717) is 0 Å². The Bertz CT molecular complexity index is 522. The Balaban J connectivity index is 1.86. The van der Waals surface area contributed by atoms with Gasteiger partial charge in [0.15, 0.2) is 0 Å². The second-order valence-corrected chi connectivity index (χ2v) is 5.17. The highest BCUT2D eigenvalue weighted by molar-refractivity contribution is 5.20. The fourth-order valence-electron chi connectivity index (χ4n) is 2.25. The van der Waals surface area contributed by atoms with Gasteiger partial charge in [-0.25, -0.2) is 0 Å². The SMILES string of the molecule is CNCc1cc(CN(C)CCc2ccncc2)c(C)o1. The van der Waals surface area contributed by atoms with Gasteiger partial charge in [0.2, 0.25) is 0 Å². The molecule has 0 bridgehead atoms. The first-order valence-corrected chi connectivity index (χ1v) is 6.99. The maximum absolute atomic E-state index is 5.72. The molecule has 0 saturated carbocycles. The fourth-order valence-corrected chi connectivity index (χ4v) is 2.25. The third-order valence-corrected chi connectivity index (χ3v) is 3.39. The zero-order valence-corrected chi connectivity index (χ0v) is 12.5. The zero-order valence-electron chi connectivity index (χ0n) is 12.5. The summed E-state index contributed by atoms with van der Waals surface area (Å²) in [7, 11) is 4.07. The standard InChI is InChI=1S/C16H23N3O/c1-13-15(10-16(20-13)11-17-2)12-19(3)9-6-14-4-7-18-8-5-14/h4-5,7-8,10,17H,6,9,11-12H2,1-3H3. The maximum atomic E-state index is 5.72. The molecular formula is C16H23N3O. The predicted octanol–water partition coefficient (Wildman–Crippen LogP) is 2.38. The highest BCUT2D eigenvalue weighted by Gasteiger charge is 2.09. The van der Waals surface area contributed by atoms with Crippen molar-refractivity contribution in [2.75, 3.05) is 20.6 Å². The van der Waals surface area contributed by atoms with E-state index in [-0.39, 0.29) is 0 Å². The number of aromatic nitrogens is 1. The van der Waals surface area contributed by atoms with E-state index in [2.05, 4.69) is 40.4 Å². The summed E-state index contributed by atoms with van der Waals surface area (Å²) in [6, 6.07) is 6.29. The second-order valence-electron chi connectivity index (χ2n) is 5.17. The summed E-state index contributed by atoms with van der Waals surface area (Å²) in [4.78, 5) is 6.36. The van der Waals surface area contributed by atoms with Crippen molar-refractivity contribution in [1.29, 1.82) is 0 Å². The minimum atomic E-state index is 0.779. The summed E-state index contributed by atoms with van der Waals surface area (Å²) >= 11 is 0. The van der Waals surface area contributed by atoms with E-state index >= 15 is 0 Å². The summed E-state index contributed by atoms with van der Waals surface area (Å²) in [6.45, 7) is 4.76. The van der Waals surface area contributed by atoms with Crippen molar-refractivity contribution in [1.82, 2.24) is 15.2 Å². The quantitative estimate of drug-likeness (QED) is 0.841. The van der Waals surface area contributed by atoms with Gasteiger partial charge in [-0.15, -0.1) is 0 Å². The van der Waals surface area contributed by atoms with Crippen molar-refractivity contribution in [3.63, 3.8) is 0 Å². The molecule has 0 aromatic carbocycles. The van der Waals surface area contributed by atoms with E-state index in [1.165, 1.54) is 11.1 Å². The Morgan fingerprint density at radius 1 is 1.30 bits per heavy atom. The molecular weight excluding hydrogens is 250 g/mol. The van der Waals surface area contributed by atoms with Crippen LogP contribution in [-0.2, 0) is 19.5 Å². The number of hydrogen-bond acceptors (Lipinski definition) is 4. The van der Waals surface area contributed by atoms with Gasteiger partial charge in [-0.05, 0) is 51.2 Å². The van der Waals surface area contributed by atoms with Crippen LogP contribution in [-0.4, -0.2) is 30.5 Å². The van der Waals surface area contributed by atoms with E-state index in [1.807, 2.05) is 26.4 Å². The summed E-state index contributed by atoms with van der Waals surface area (Å²) in [5.74, 6) is 2.02. The van der Waals surface area contributed by atoms with Gasteiger partial charge in [0, 0.05) is 31.0 Å². The topological polar surface area (TPSA) is 41.3 Å². The van der Waals surface area contributed by atoms with Gasteiger partial charge in [0.05, 0.1) is 6.54 Å². The van der Waals surface area contributed by atoms with E-state index in [0.717, 1.165) is 37.6 Å². The number of pyridine rings is 1. The molecule has 0 aliphatic carbocycles. The first-order valence-electron chi connectivity index (χ1n) is 6.99. The van der Waals surface area contributed by atoms with E-state index < -0.39 is 0 Å². The molecule has 1 N–H and O–H groups in total. The minimum Gasteiger partial charge on any atom is -0.465 e. The molecule has 0 aliphatic rings. The summed E-state index contributed by atoms with van der Waals surface area (Å²) in [6.07, 6.45) is 4.73. The monoisotopic (exact) mass is 273 g/mol. The molecule has 0 unspecified atom stereocenters. The molecule has 4 nitrogen and oxygen atoms in total. The van der Waals surface area contributed by atoms with Crippen molar-refractivity contribution in [2.24, 2.45) is 0 Å². The fraction of sp³-hybridized carbons (Fsp3) is 0.438. The largest absolute Gasteiger partial charge is 0.465 e. The maximum Gasteiger partial charge on any atom is 0.118 e. The number of hydrogen-bond donors (Lipinski definition) is 1. The summed E-state index contributed by atoms with van der Waals surface area (Å²) in [5.41, 5.74) is 2.60. The number of rotatable bonds is 7. The van der Waals surface area contributed by atoms with Crippen LogP contribution >= 0.6 is 0 Å². The molecule has 20 heavy (non-hydrogen) atoms. The molecule has 0 atom stereocenters. The Kier molecular flexibility index (Phi) is 5.32. The number of nitrogens with zero attached hydrogens (tertiary/aromatic N) is 2. The lowest BCUT2D eigenvalue weighted by molar-refractivity contribution is 0.328. The van der Waals surface area contributed by atoms with Crippen LogP contribution in [0.2, 0.25) is 0 Å². The number of likely N-dealkylation sites (N-methyl/N-ethyl adjacent to an activating group) is 1. The third-order valence-electron chi connectivity index (χ3n) is 3.39. The normalized spacial score (nSPS) is 11.2. The average Bonchev–Trinajstić information content (AvgIpc) is 2.78. The smallest absolute Gasteiger partial charge is 0.118 e. The first-order chi connectivity index (χ1) is 9.69. The lowest BCUT2D eigenvalue weighted by Gasteiger charge is -2.15. The van der Waals surface area contributed by atoms with Gasteiger partial charge in [-0.2, -0.15) is 0 Å². The first kappa shape index (κ1) is 14.8. The molecule has 2 rings (SSSR count). The van der Waals surface area contributed by atoms with Gasteiger partial charge >= 0.3 is 0 Å². The van der Waals surface area contributed by atoms with Crippen LogP contribution in [0.15, 0.2) is 35.0 Å². The Morgan fingerprint density at radius 3 is 2.75 bits per heavy atom. The molecule has 2 heterocycles. The van der Waals surface area contributed by atoms with Gasteiger partial charge in [0.25, 0.3) is 0 Å². The number of furan rings is 1. The van der Waals surface area contributed by atoms with Gasteiger partial charge in [-0.1, -0.05) is 0 Å². The lowest BCUT2D eigenvalue weighted by Crippen LogP contribution is -2.20. The van der Waals surface area contributed by atoms with Crippen LogP contribution in [0.3, 0.4) is 0 Å². The molecule has 0 amide bonds. The van der Waals surface area contributed by atoms with Crippen molar-refractivity contribution < 1.29 is 4.42 Å². The molecule has 2 aromatic heterocycles. The van der Waals surface area contributed by atoms with Gasteiger partial charge < -0.3 is 14.6 Å². The van der Waals surface area contributed by atoms with Crippen LogP contribution in [0.25, 0.3) is 0 Å². The molecule has 0 radical (unpaired) electrons. The average molecular weight is 273 g/mol. The molecule has 0 saturated heterocycles. The van der Waals surface area contributed by atoms with Gasteiger partial charge in [0.1, 0.15) is 11.5 Å². The Hall–Kier alpha value is -1.65. The lowest BCUT2D eigenvalue weighted by atomic mass is 10.2. The highest BCUT2D eigenvalue weighted by Crippen LogP contribution is 2.16. The number of aryl methyl sites for hydroxylation is 1.